The third-order valence-electron chi connectivity index (χ3n) is 5.43. The maximum absolute atomic E-state index is 12.4. The molecule has 6 nitrogen and oxygen atoms in total. The van der Waals surface area contributed by atoms with Crippen molar-refractivity contribution in [3.63, 3.8) is 0 Å². The molecule has 0 spiro atoms. The van der Waals surface area contributed by atoms with Crippen LogP contribution in [0.4, 0.5) is 10.8 Å². The molecule has 7 heteroatoms. The molecule has 0 radical (unpaired) electrons. The van der Waals surface area contributed by atoms with Crippen LogP contribution in [0, 0.1) is 5.92 Å². The maximum Gasteiger partial charge on any atom is 0.227 e. The number of anilines is 2. The number of thiazole rings is 1. The van der Waals surface area contributed by atoms with Crippen molar-refractivity contribution in [1.82, 2.24) is 4.98 Å². The van der Waals surface area contributed by atoms with E-state index in [2.05, 4.69) is 27.8 Å². The van der Waals surface area contributed by atoms with Gasteiger partial charge in [0.25, 0.3) is 0 Å². The molecule has 1 aromatic heterocycles. The normalized spacial score (nSPS) is 15.3. The van der Waals surface area contributed by atoms with Crippen LogP contribution in [0.1, 0.15) is 24.0 Å². The zero-order valence-corrected chi connectivity index (χ0v) is 18.2. The highest BCUT2D eigenvalue weighted by Crippen LogP contribution is 2.28. The Labute approximate surface area is 185 Å². The van der Waals surface area contributed by atoms with Gasteiger partial charge in [0.15, 0.2) is 5.13 Å². The number of fused-ring (bicyclic) bond motifs is 1. The minimum absolute atomic E-state index is 0.0167. The zero-order valence-electron chi connectivity index (χ0n) is 17.4. The average Bonchev–Trinajstić information content (AvgIpc) is 3.25. The van der Waals surface area contributed by atoms with Crippen LogP contribution in [0.15, 0.2) is 53.9 Å². The van der Waals surface area contributed by atoms with E-state index in [1.165, 1.54) is 16.9 Å². The Morgan fingerprint density at radius 3 is 2.84 bits per heavy atom. The fourth-order valence-corrected chi connectivity index (χ4v) is 4.40. The highest BCUT2D eigenvalue weighted by molar-refractivity contribution is 7.14. The predicted molar refractivity (Wildman–Crippen MR) is 123 cm³/mol. The molecule has 31 heavy (non-hydrogen) atoms. The first kappa shape index (κ1) is 21.2. The largest absolute Gasteiger partial charge is 0.384 e. The number of methoxy groups -OCH3 is 1. The van der Waals surface area contributed by atoms with Crippen molar-refractivity contribution < 1.29 is 14.3 Å². The van der Waals surface area contributed by atoms with Crippen LogP contribution in [0.3, 0.4) is 0 Å². The van der Waals surface area contributed by atoms with Gasteiger partial charge in [-0.15, -0.1) is 11.3 Å². The number of hydrogen-bond donors (Lipinski definition) is 2. The number of hydrogen-bond acceptors (Lipinski definition) is 5. The van der Waals surface area contributed by atoms with E-state index in [4.69, 9.17) is 4.74 Å². The van der Waals surface area contributed by atoms with Crippen molar-refractivity contribution in [1.29, 1.82) is 0 Å². The van der Waals surface area contributed by atoms with Crippen LogP contribution in [0.5, 0.6) is 0 Å². The SMILES string of the molecule is COCCc1ccc(-c2csc(NC(=O)CCC3Cc4ccccc4NC3=O)n2)cc1. The van der Waals surface area contributed by atoms with Gasteiger partial charge < -0.3 is 15.4 Å². The molecule has 2 heterocycles. The van der Waals surface area contributed by atoms with Gasteiger partial charge in [-0.05, 0) is 36.5 Å². The Bertz CT molecular complexity index is 1060. The topological polar surface area (TPSA) is 80.3 Å². The van der Waals surface area contributed by atoms with Crippen LogP contribution >= 0.6 is 11.3 Å². The minimum Gasteiger partial charge on any atom is -0.384 e. The minimum atomic E-state index is -0.191. The lowest BCUT2D eigenvalue weighted by Crippen LogP contribution is -2.30. The van der Waals surface area contributed by atoms with Gasteiger partial charge >= 0.3 is 0 Å². The molecule has 0 saturated heterocycles. The number of rotatable bonds is 8. The van der Waals surface area contributed by atoms with Gasteiger partial charge in [-0.1, -0.05) is 42.5 Å². The summed E-state index contributed by atoms with van der Waals surface area (Å²) in [5.74, 6) is -0.330. The Morgan fingerprint density at radius 1 is 1.23 bits per heavy atom. The molecule has 0 bridgehead atoms. The van der Waals surface area contributed by atoms with E-state index in [0.29, 0.717) is 24.6 Å². The van der Waals surface area contributed by atoms with Crippen molar-refractivity contribution in [2.24, 2.45) is 5.92 Å². The van der Waals surface area contributed by atoms with Crippen LogP contribution in [-0.2, 0) is 27.2 Å². The number of benzene rings is 2. The van der Waals surface area contributed by atoms with Gasteiger partial charge in [-0.25, -0.2) is 4.98 Å². The second kappa shape index (κ2) is 9.85. The number of carbonyl (C=O) groups is 2. The molecule has 1 atom stereocenters. The summed E-state index contributed by atoms with van der Waals surface area (Å²) in [6.07, 6.45) is 2.33. The molecular weight excluding hydrogens is 410 g/mol. The van der Waals surface area contributed by atoms with Gasteiger partial charge in [-0.3, -0.25) is 9.59 Å². The number of carbonyl (C=O) groups excluding carboxylic acids is 2. The molecule has 2 N–H and O–H groups in total. The van der Waals surface area contributed by atoms with Crippen LogP contribution in [0.25, 0.3) is 11.3 Å². The van der Waals surface area contributed by atoms with E-state index in [-0.39, 0.29) is 24.2 Å². The fourth-order valence-electron chi connectivity index (χ4n) is 3.66. The summed E-state index contributed by atoms with van der Waals surface area (Å²) in [6, 6.07) is 16.0. The lowest BCUT2D eigenvalue weighted by molar-refractivity contribution is -0.121. The van der Waals surface area contributed by atoms with Crippen molar-refractivity contribution in [2.75, 3.05) is 24.4 Å². The number of nitrogens with one attached hydrogen (secondary N) is 2. The number of amides is 2. The Morgan fingerprint density at radius 2 is 2.03 bits per heavy atom. The van der Waals surface area contributed by atoms with E-state index in [1.807, 2.05) is 41.8 Å². The zero-order chi connectivity index (χ0) is 21.6. The quantitative estimate of drug-likeness (QED) is 0.545. The van der Waals surface area contributed by atoms with Gasteiger partial charge in [0.05, 0.1) is 12.3 Å². The molecule has 0 aliphatic carbocycles. The fraction of sp³-hybridized carbons (Fsp3) is 0.292. The van der Waals surface area contributed by atoms with Crippen LogP contribution in [0.2, 0.25) is 0 Å². The predicted octanol–water partition coefficient (Wildman–Crippen LogP) is 4.53. The second-order valence-corrected chi connectivity index (χ2v) is 8.47. The summed E-state index contributed by atoms with van der Waals surface area (Å²) in [5.41, 5.74) is 5.04. The van der Waals surface area contributed by atoms with Crippen molar-refractivity contribution >= 4 is 34.0 Å². The van der Waals surface area contributed by atoms with Crippen molar-refractivity contribution in [3.8, 4) is 11.3 Å². The van der Waals surface area contributed by atoms with Gasteiger partial charge in [0.2, 0.25) is 11.8 Å². The number of aromatic nitrogens is 1. The van der Waals surface area contributed by atoms with Crippen molar-refractivity contribution in [3.05, 3.63) is 65.0 Å². The maximum atomic E-state index is 12.4. The molecular formula is C24H25N3O3S. The smallest absolute Gasteiger partial charge is 0.227 e. The Balaban J connectivity index is 1.30. The number of para-hydroxylation sites is 1. The number of nitrogens with zero attached hydrogens (tertiary/aromatic N) is 1. The Hall–Kier alpha value is -3.03. The van der Waals surface area contributed by atoms with Crippen LogP contribution in [-0.4, -0.2) is 30.5 Å². The van der Waals surface area contributed by atoms with Gasteiger partial charge in [-0.2, -0.15) is 0 Å². The van der Waals surface area contributed by atoms with Crippen LogP contribution < -0.4 is 10.6 Å². The first-order valence-corrected chi connectivity index (χ1v) is 11.2. The lowest BCUT2D eigenvalue weighted by Gasteiger charge is -2.24. The van der Waals surface area contributed by atoms with E-state index in [1.54, 1.807) is 7.11 Å². The van der Waals surface area contributed by atoms with E-state index in [9.17, 15) is 9.59 Å². The summed E-state index contributed by atoms with van der Waals surface area (Å²) in [5, 5.41) is 8.30. The summed E-state index contributed by atoms with van der Waals surface area (Å²) in [7, 11) is 1.70. The van der Waals surface area contributed by atoms with E-state index in [0.717, 1.165) is 28.9 Å². The molecule has 4 rings (SSSR count). The average molecular weight is 436 g/mol. The first-order chi connectivity index (χ1) is 15.1. The molecule has 1 unspecified atom stereocenters. The summed E-state index contributed by atoms with van der Waals surface area (Å²) in [4.78, 5) is 29.3. The standard InChI is InChI=1S/C24H25N3O3S/c1-30-13-12-16-6-8-17(9-7-16)21-15-31-24(26-21)27-22(28)11-10-19-14-18-4-2-3-5-20(18)25-23(19)29/h2-9,15,19H,10-14H2,1H3,(H,25,29)(H,26,27,28). The molecule has 0 fully saturated rings. The number of ether oxygens (including phenoxy) is 1. The molecule has 2 aromatic carbocycles. The molecule has 0 saturated carbocycles. The summed E-state index contributed by atoms with van der Waals surface area (Å²) in [6.45, 7) is 0.696. The first-order valence-electron chi connectivity index (χ1n) is 10.3. The molecule has 3 aromatic rings. The Kier molecular flexibility index (Phi) is 6.74. The van der Waals surface area contributed by atoms with Gasteiger partial charge in [0.1, 0.15) is 0 Å². The molecule has 1 aliphatic rings. The molecule has 1 aliphatic heterocycles. The highest BCUT2D eigenvalue weighted by atomic mass is 32.1. The third kappa shape index (κ3) is 5.37. The summed E-state index contributed by atoms with van der Waals surface area (Å²) >= 11 is 1.40. The van der Waals surface area contributed by atoms with Gasteiger partial charge in [0, 0.05) is 36.1 Å². The molecule has 2 amide bonds. The lowest BCUT2D eigenvalue weighted by atomic mass is 9.89. The second-order valence-electron chi connectivity index (χ2n) is 7.61. The van der Waals surface area contributed by atoms with E-state index < -0.39 is 0 Å². The third-order valence-corrected chi connectivity index (χ3v) is 6.19. The highest BCUT2D eigenvalue weighted by Gasteiger charge is 2.26. The summed E-state index contributed by atoms with van der Waals surface area (Å²) < 4.78 is 5.11. The van der Waals surface area contributed by atoms with Crippen molar-refractivity contribution in [2.45, 2.75) is 25.7 Å². The monoisotopic (exact) mass is 435 g/mol. The van der Waals surface area contributed by atoms with E-state index >= 15 is 0 Å². The molecule has 160 valence electrons.